The van der Waals surface area contributed by atoms with Gasteiger partial charge in [-0.15, -0.1) is 0 Å². The summed E-state index contributed by atoms with van der Waals surface area (Å²) < 4.78 is 5.00. The summed E-state index contributed by atoms with van der Waals surface area (Å²) in [6.07, 6.45) is 0.425. The van der Waals surface area contributed by atoms with E-state index in [1.807, 2.05) is 72.8 Å². The van der Waals surface area contributed by atoms with Crippen LogP contribution in [0.4, 0.5) is 0 Å². The number of ether oxygens (including phenoxy) is 1. The van der Waals surface area contributed by atoms with Crippen molar-refractivity contribution in [3.63, 3.8) is 0 Å². The third-order valence-corrected chi connectivity index (χ3v) is 4.43. The van der Waals surface area contributed by atoms with Gasteiger partial charge in [0.15, 0.2) is 0 Å². The van der Waals surface area contributed by atoms with Crippen molar-refractivity contribution in [1.29, 1.82) is 0 Å². The molecule has 0 aliphatic rings. The van der Waals surface area contributed by atoms with Gasteiger partial charge in [0.25, 0.3) is 0 Å². The SMILES string of the molecule is CCOC(=O)Cc1cccc(CC(O)(c2ccccc2)c2ccccc2)n1. The Balaban J connectivity index is 1.93. The van der Waals surface area contributed by atoms with Crippen molar-refractivity contribution in [2.45, 2.75) is 25.4 Å². The van der Waals surface area contributed by atoms with Gasteiger partial charge in [0.2, 0.25) is 0 Å². The van der Waals surface area contributed by atoms with E-state index in [1.54, 1.807) is 13.0 Å². The number of hydrogen-bond acceptors (Lipinski definition) is 4. The molecule has 0 amide bonds. The maximum atomic E-state index is 11.7. The van der Waals surface area contributed by atoms with Crippen LogP contribution in [0, 0.1) is 0 Å². The highest BCUT2D eigenvalue weighted by atomic mass is 16.5. The number of hydrogen-bond donors (Lipinski definition) is 1. The monoisotopic (exact) mass is 361 g/mol. The van der Waals surface area contributed by atoms with Gasteiger partial charge in [-0.2, -0.15) is 0 Å². The zero-order valence-corrected chi connectivity index (χ0v) is 15.3. The second-order valence-corrected chi connectivity index (χ2v) is 6.37. The summed E-state index contributed by atoms with van der Waals surface area (Å²) in [4.78, 5) is 16.3. The molecule has 138 valence electrons. The number of aliphatic hydroxyl groups is 1. The van der Waals surface area contributed by atoms with E-state index in [0.717, 1.165) is 11.1 Å². The molecule has 1 N–H and O–H groups in total. The Bertz CT molecular complexity index is 839. The molecular weight excluding hydrogens is 338 g/mol. The number of benzene rings is 2. The summed E-state index contributed by atoms with van der Waals surface area (Å²) in [5, 5.41) is 11.6. The van der Waals surface area contributed by atoms with Crippen LogP contribution in [0.5, 0.6) is 0 Å². The summed E-state index contributed by atoms with van der Waals surface area (Å²) in [6, 6.07) is 24.7. The van der Waals surface area contributed by atoms with E-state index < -0.39 is 5.60 Å². The molecule has 4 heteroatoms. The van der Waals surface area contributed by atoms with Crippen LogP contribution >= 0.6 is 0 Å². The molecule has 1 aromatic heterocycles. The van der Waals surface area contributed by atoms with E-state index in [2.05, 4.69) is 4.98 Å². The second-order valence-electron chi connectivity index (χ2n) is 6.37. The van der Waals surface area contributed by atoms with E-state index in [-0.39, 0.29) is 12.4 Å². The van der Waals surface area contributed by atoms with Crippen molar-refractivity contribution in [1.82, 2.24) is 4.98 Å². The van der Waals surface area contributed by atoms with E-state index in [0.29, 0.717) is 24.4 Å². The first kappa shape index (κ1) is 18.8. The summed E-state index contributed by atoms with van der Waals surface area (Å²) in [5.41, 5.74) is 1.74. The predicted octanol–water partition coefficient (Wildman–Crippen LogP) is 3.67. The summed E-state index contributed by atoms with van der Waals surface area (Å²) in [6.45, 7) is 2.13. The van der Waals surface area contributed by atoms with Crippen molar-refractivity contribution in [2.24, 2.45) is 0 Å². The van der Waals surface area contributed by atoms with Gasteiger partial charge < -0.3 is 9.84 Å². The van der Waals surface area contributed by atoms with Crippen molar-refractivity contribution in [3.8, 4) is 0 Å². The minimum absolute atomic E-state index is 0.122. The first-order valence-corrected chi connectivity index (χ1v) is 9.05. The third kappa shape index (κ3) is 4.60. The van der Waals surface area contributed by atoms with Crippen LogP contribution in [0.3, 0.4) is 0 Å². The van der Waals surface area contributed by atoms with Crippen molar-refractivity contribution >= 4 is 5.97 Å². The molecule has 0 spiro atoms. The number of carbonyl (C=O) groups is 1. The van der Waals surface area contributed by atoms with Crippen LogP contribution in [0.25, 0.3) is 0 Å². The standard InChI is InChI=1S/C23H23NO3/c1-2-27-22(25)16-20-14-9-15-21(24-20)17-23(26,18-10-5-3-6-11-18)19-12-7-4-8-13-19/h3-15,26H,2,16-17H2,1H3. The van der Waals surface area contributed by atoms with E-state index in [1.165, 1.54) is 0 Å². The van der Waals surface area contributed by atoms with Crippen LogP contribution in [-0.4, -0.2) is 22.7 Å². The number of pyridine rings is 1. The topological polar surface area (TPSA) is 59.4 Å². The highest BCUT2D eigenvalue weighted by Gasteiger charge is 2.32. The van der Waals surface area contributed by atoms with Gasteiger partial charge in [-0.05, 0) is 30.2 Å². The van der Waals surface area contributed by atoms with Gasteiger partial charge in [-0.1, -0.05) is 66.7 Å². The summed E-state index contributed by atoms with van der Waals surface area (Å²) >= 11 is 0. The highest BCUT2D eigenvalue weighted by molar-refractivity contribution is 5.71. The molecule has 0 unspecified atom stereocenters. The van der Waals surface area contributed by atoms with Crippen LogP contribution < -0.4 is 0 Å². The molecule has 4 nitrogen and oxygen atoms in total. The Morgan fingerprint density at radius 3 is 2.00 bits per heavy atom. The first-order valence-electron chi connectivity index (χ1n) is 9.05. The van der Waals surface area contributed by atoms with Gasteiger partial charge in [0, 0.05) is 12.1 Å². The molecule has 0 aliphatic heterocycles. The van der Waals surface area contributed by atoms with E-state index in [4.69, 9.17) is 4.74 Å². The number of carbonyl (C=O) groups excluding carboxylic acids is 1. The molecule has 0 atom stereocenters. The third-order valence-electron chi connectivity index (χ3n) is 4.43. The zero-order valence-electron chi connectivity index (χ0n) is 15.3. The van der Waals surface area contributed by atoms with Gasteiger partial charge >= 0.3 is 5.97 Å². The minimum Gasteiger partial charge on any atom is -0.466 e. The highest BCUT2D eigenvalue weighted by Crippen LogP contribution is 2.32. The summed E-state index contributed by atoms with van der Waals surface area (Å²) in [5.74, 6) is -0.302. The van der Waals surface area contributed by atoms with Gasteiger partial charge in [-0.3, -0.25) is 9.78 Å². The molecule has 27 heavy (non-hydrogen) atoms. The molecular formula is C23H23NO3. The Labute approximate surface area is 159 Å². The fourth-order valence-corrected chi connectivity index (χ4v) is 3.15. The first-order chi connectivity index (χ1) is 13.1. The molecule has 0 radical (unpaired) electrons. The lowest BCUT2D eigenvalue weighted by Gasteiger charge is -2.29. The minimum atomic E-state index is -1.21. The molecule has 0 saturated carbocycles. The van der Waals surface area contributed by atoms with Gasteiger partial charge in [0.1, 0.15) is 5.60 Å². The van der Waals surface area contributed by atoms with Crippen LogP contribution in [0.15, 0.2) is 78.9 Å². The Kier molecular flexibility index (Phi) is 5.99. The molecule has 0 saturated heterocycles. The fourth-order valence-electron chi connectivity index (χ4n) is 3.15. The van der Waals surface area contributed by atoms with Crippen molar-refractivity contribution in [3.05, 3.63) is 101 Å². The quantitative estimate of drug-likeness (QED) is 0.653. The molecule has 3 rings (SSSR count). The Morgan fingerprint density at radius 1 is 0.889 bits per heavy atom. The average molecular weight is 361 g/mol. The average Bonchev–Trinajstić information content (AvgIpc) is 2.70. The van der Waals surface area contributed by atoms with Crippen molar-refractivity contribution in [2.75, 3.05) is 6.61 Å². The van der Waals surface area contributed by atoms with Gasteiger partial charge in [0.05, 0.1) is 18.7 Å². The molecule has 0 aliphatic carbocycles. The molecule has 0 bridgehead atoms. The van der Waals surface area contributed by atoms with Crippen LogP contribution in [-0.2, 0) is 28.0 Å². The molecule has 3 aromatic rings. The Morgan fingerprint density at radius 2 is 1.44 bits per heavy atom. The lowest BCUT2D eigenvalue weighted by molar-refractivity contribution is -0.142. The van der Waals surface area contributed by atoms with E-state index in [9.17, 15) is 9.90 Å². The second kappa shape index (κ2) is 8.60. The zero-order chi connectivity index (χ0) is 19.1. The molecule has 2 aromatic carbocycles. The predicted molar refractivity (Wildman–Crippen MR) is 104 cm³/mol. The van der Waals surface area contributed by atoms with E-state index >= 15 is 0 Å². The van der Waals surface area contributed by atoms with Crippen molar-refractivity contribution < 1.29 is 14.6 Å². The number of esters is 1. The number of rotatable bonds is 7. The van der Waals surface area contributed by atoms with Gasteiger partial charge in [-0.25, -0.2) is 0 Å². The van der Waals surface area contributed by atoms with Crippen LogP contribution in [0.2, 0.25) is 0 Å². The number of nitrogens with zero attached hydrogens (tertiary/aromatic N) is 1. The maximum Gasteiger partial charge on any atom is 0.311 e. The normalized spacial score (nSPS) is 11.2. The lowest BCUT2D eigenvalue weighted by atomic mass is 9.82. The number of aromatic nitrogens is 1. The smallest absolute Gasteiger partial charge is 0.311 e. The Hall–Kier alpha value is -2.98. The van der Waals surface area contributed by atoms with Crippen LogP contribution in [0.1, 0.15) is 29.4 Å². The molecule has 0 fully saturated rings. The molecule has 1 heterocycles. The summed E-state index contributed by atoms with van der Waals surface area (Å²) in [7, 11) is 0. The lowest BCUT2D eigenvalue weighted by Crippen LogP contribution is -2.30. The maximum absolute atomic E-state index is 11.7. The fraction of sp³-hybridized carbons (Fsp3) is 0.217. The largest absolute Gasteiger partial charge is 0.466 e.